The van der Waals surface area contributed by atoms with Crippen LogP contribution in [0.15, 0.2) is 0 Å². The Kier molecular flexibility index (Phi) is 4.46. The molecule has 0 saturated carbocycles. The normalized spacial score (nSPS) is 18.2. The molecule has 0 aliphatic heterocycles. The van der Waals surface area contributed by atoms with E-state index in [0.29, 0.717) is 0 Å². The van der Waals surface area contributed by atoms with E-state index in [1.165, 1.54) is 0 Å². The molecule has 0 radical (unpaired) electrons. The van der Waals surface area contributed by atoms with Crippen molar-refractivity contribution in [1.29, 1.82) is 0 Å². The summed E-state index contributed by atoms with van der Waals surface area (Å²) in [7, 11) is -5.89. The van der Waals surface area contributed by atoms with E-state index in [-0.39, 0.29) is 0 Å². The molecule has 0 aliphatic carbocycles. The molecule has 0 aromatic rings. The summed E-state index contributed by atoms with van der Waals surface area (Å²) in [6.07, 6.45) is 0. The largest absolute Gasteiger partial charge is 0.700 e. The van der Waals surface area contributed by atoms with Gasteiger partial charge in [0.25, 0.3) is 0 Å². The maximum atomic E-state index is 9.93. The van der Waals surface area contributed by atoms with Crippen molar-refractivity contribution in [2.75, 3.05) is 0 Å². The first kappa shape index (κ1) is 11.3. The molecule has 0 fully saturated rings. The first-order valence-electron chi connectivity index (χ1n) is 2.28. The molecule has 2 atom stereocenters. The van der Waals surface area contributed by atoms with Gasteiger partial charge in [-0.3, -0.25) is 4.52 Å². The lowest BCUT2D eigenvalue weighted by molar-refractivity contribution is -0.261. The fraction of sp³-hybridized carbons (Fsp3) is 1.00. The molecule has 0 aromatic carbocycles. The molecule has 0 spiro atoms. The lowest BCUT2D eigenvalue weighted by atomic mass is 10.7. The van der Waals surface area contributed by atoms with Gasteiger partial charge in [-0.25, -0.2) is 0 Å². The second kappa shape index (κ2) is 4.35. The van der Waals surface area contributed by atoms with Gasteiger partial charge in [-0.05, 0) is 0 Å². The van der Waals surface area contributed by atoms with Gasteiger partial charge in [0.2, 0.25) is 0 Å². The van der Waals surface area contributed by atoms with Gasteiger partial charge >= 0.3 is 22.8 Å². The Morgan fingerprint density at radius 1 is 1.55 bits per heavy atom. The second-order valence-electron chi connectivity index (χ2n) is 1.57. The van der Waals surface area contributed by atoms with Crippen LogP contribution in [0.2, 0.25) is 0 Å². The van der Waals surface area contributed by atoms with Crippen LogP contribution < -0.4 is 0 Å². The molecular weight excluding hydrogens is 198 g/mol. The molecule has 4 N–H and O–H groups in total. The van der Waals surface area contributed by atoms with Crippen LogP contribution in [0, 0.1) is 0 Å². The summed E-state index contributed by atoms with van der Waals surface area (Å²) >= 11 is 0. The van der Waals surface area contributed by atoms with Gasteiger partial charge in [0.1, 0.15) is 0 Å². The zero-order valence-corrected chi connectivity index (χ0v) is 7.20. The smallest absolute Gasteiger partial charge is 0.340 e. The van der Waals surface area contributed by atoms with Crippen LogP contribution in [0.1, 0.15) is 6.92 Å². The molecular formula is C2H7O7P2+. The zero-order valence-electron chi connectivity index (χ0n) is 5.41. The molecule has 0 heterocycles. The first-order chi connectivity index (χ1) is 4.83. The Balaban J connectivity index is 3.89. The van der Waals surface area contributed by atoms with E-state index in [4.69, 9.17) is 19.8 Å². The average Bonchev–Trinajstić information content (AvgIpc) is 1.53. The average molecular weight is 205 g/mol. The van der Waals surface area contributed by atoms with E-state index in [9.17, 15) is 4.57 Å². The van der Waals surface area contributed by atoms with Crippen molar-refractivity contribution in [2.24, 2.45) is 0 Å². The number of rotatable bonds is 4. The molecule has 0 rings (SSSR count). The highest BCUT2D eigenvalue weighted by Gasteiger charge is 2.37. The van der Waals surface area contributed by atoms with Crippen molar-refractivity contribution >= 4 is 16.9 Å². The fourth-order valence-corrected chi connectivity index (χ4v) is 1.04. The van der Waals surface area contributed by atoms with Crippen LogP contribution in [0.5, 0.6) is 0 Å². The summed E-state index contributed by atoms with van der Waals surface area (Å²) < 4.78 is 17.7. The molecule has 0 amide bonds. The summed E-state index contributed by atoms with van der Waals surface area (Å²) in [5, 5.41) is 8.76. The third-order valence-corrected chi connectivity index (χ3v) is 1.50. The molecule has 11 heavy (non-hydrogen) atoms. The van der Waals surface area contributed by atoms with Gasteiger partial charge in [0.15, 0.2) is 0 Å². The van der Waals surface area contributed by atoms with E-state index < -0.39 is 22.8 Å². The van der Waals surface area contributed by atoms with Gasteiger partial charge < -0.3 is 14.9 Å². The van der Waals surface area contributed by atoms with Crippen molar-refractivity contribution in [1.82, 2.24) is 0 Å². The number of hydrogen-bond acceptors (Lipinski definition) is 6. The summed E-state index contributed by atoms with van der Waals surface area (Å²) in [6.45, 7) is 0.845. The third kappa shape index (κ3) is 6.68. The van der Waals surface area contributed by atoms with Crippen molar-refractivity contribution in [3.8, 4) is 0 Å². The lowest BCUT2D eigenvalue weighted by Crippen LogP contribution is -2.27. The maximum absolute atomic E-state index is 9.93. The summed E-state index contributed by atoms with van der Waals surface area (Å²) in [5.74, 6) is -2.46. The standard InChI is InChI=1S/C2H6O7P2/c1-2(3,8-10(4)5)9-11(6)7/h3-5H,1H3/p+1. The SMILES string of the molecule is CC(O)(OP(O)O)O[P+](=O)O. The quantitative estimate of drug-likeness (QED) is 0.362. The minimum atomic E-state index is -3.06. The van der Waals surface area contributed by atoms with Crippen LogP contribution in [0.4, 0.5) is 0 Å². The van der Waals surface area contributed by atoms with Crippen LogP contribution in [0.3, 0.4) is 0 Å². The van der Waals surface area contributed by atoms with Crippen LogP contribution in [0.25, 0.3) is 0 Å². The van der Waals surface area contributed by atoms with Gasteiger partial charge in [-0.1, -0.05) is 4.52 Å². The van der Waals surface area contributed by atoms with Crippen molar-refractivity contribution in [3.05, 3.63) is 0 Å². The van der Waals surface area contributed by atoms with E-state index in [2.05, 4.69) is 9.05 Å². The lowest BCUT2D eigenvalue weighted by Gasteiger charge is -2.15. The Morgan fingerprint density at radius 2 is 2.00 bits per heavy atom. The predicted octanol–water partition coefficient (Wildman–Crippen LogP) is -0.453. The highest BCUT2D eigenvalue weighted by molar-refractivity contribution is 7.39. The topological polar surface area (TPSA) is 116 Å². The molecule has 0 aliphatic rings. The summed E-state index contributed by atoms with van der Waals surface area (Å²) in [6, 6.07) is 0. The van der Waals surface area contributed by atoms with Gasteiger partial charge in [-0.15, -0.1) is 4.89 Å². The predicted molar refractivity (Wildman–Crippen MR) is 34.0 cm³/mol. The van der Waals surface area contributed by atoms with Crippen molar-refractivity contribution < 1.29 is 33.4 Å². The minimum Gasteiger partial charge on any atom is -0.340 e. The number of aliphatic hydroxyl groups is 1. The Morgan fingerprint density at radius 3 is 2.27 bits per heavy atom. The highest BCUT2D eigenvalue weighted by atomic mass is 31.2. The van der Waals surface area contributed by atoms with Crippen molar-refractivity contribution in [2.45, 2.75) is 12.9 Å². The molecule has 2 unspecified atom stereocenters. The van der Waals surface area contributed by atoms with E-state index in [1.54, 1.807) is 0 Å². The van der Waals surface area contributed by atoms with Gasteiger partial charge in [0, 0.05) is 11.5 Å². The summed E-state index contributed by atoms with van der Waals surface area (Å²) in [5.41, 5.74) is 0. The van der Waals surface area contributed by atoms with E-state index in [0.717, 1.165) is 6.92 Å². The summed E-state index contributed by atoms with van der Waals surface area (Å²) in [4.78, 5) is 24.5. The molecule has 66 valence electrons. The number of hydrogen-bond donors (Lipinski definition) is 4. The van der Waals surface area contributed by atoms with E-state index >= 15 is 0 Å². The molecule has 9 heteroatoms. The monoisotopic (exact) mass is 205 g/mol. The Bertz CT molecular complexity index is 143. The van der Waals surface area contributed by atoms with Gasteiger partial charge in [0.05, 0.1) is 0 Å². The zero-order chi connectivity index (χ0) is 9.07. The van der Waals surface area contributed by atoms with Crippen LogP contribution in [-0.2, 0) is 13.6 Å². The van der Waals surface area contributed by atoms with Gasteiger partial charge in [-0.2, -0.15) is 0 Å². The molecule has 7 nitrogen and oxygen atoms in total. The maximum Gasteiger partial charge on any atom is 0.700 e. The molecule has 0 saturated heterocycles. The first-order valence-corrected chi connectivity index (χ1v) is 4.58. The minimum absolute atomic E-state index is 0.845. The van der Waals surface area contributed by atoms with Crippen molar-refractivity contribution in [3.63, 3.8) is 0 Å². The second-order valence-corrected chi connectivity index (χ2v) is 2.92. The van der Waals surface area contributed by atoms with Crippen LogP contribution in [-0.4, -0.2) is 25.8 Å². The third-order valence-electron chi connectivity index (χ3n) is 0.499. The fourth-order valence-electron chi connectivity index (χ4n) is 0.313. The molecule has 0 aromatic heterocycles. The Labute approximate surface area is 64.1 Å². The highest BCUT2D eigenvalue weighted by Crippen LogP contribution is 2.35. The van der Waals surface area contributed by atoms with Crippen LogP contribution >= 0.6 is 16.9 Å². The van der Waals surface area contributed by atoms with E-state index in [1.807, 2.05) is 0 Å². The Hall–Kier alpha value is 0.290. The molecule has 0 bridgehead atoms.